The van der Waals surface area contributed by atoms with Crippen molar-refractivity contribution in [3.63, 3.8) is 0 Å². The third kappa shape index (κ3) is 4.89. The van der Waals surface area contributed by atoms with Gasteiger partial charge in [-0.3, -0.25) is 0 Å². The summed E-state index contributed by atoms with van der Waals surface area (Å²) >= 11 is 0. The van der Waals surface area contributed by atoms with Gasteiger partial charge in [-0.25, -0.2) is 4.79 Å². The van der Waals surface area contributed by atoms with Crippen molar-refractivity contribution in [1.29, 1.82) is 0 Å². The second-order valence-corrected chi connectivity index (χ2v) is 7.25. The molecule has 0 aromatic heterocycles. The number of hydrogen-bond donors (Lipinski definition) is 0. The topological polar surface area (TPSA) is 35.5 Å². The van der Waals surface area contributed by atoms with Crippen LogP contribution in [-0.2, 0) is 15.7 Å². The molecule has 0 saturated carbocycles. The molecule has 2 rings (SSSR count). The summed E-state index contributed by atoms with van der Waals surface area (Å²) in [6.07, 6.45) is -0.996. The van der Waals surface area contributed by atoms with Gasteiger partial charge in [0.2, 0.25) is 6.10 Å². The van der Waals surface area contributed by atoms with E-state index in [1.165, 1.54) is 6.07 Å². The van der Waals surface area contributed by atoms with Gasteiger partial charge in [-0.15, -0.1) is 0 Å². The molecule has 0 N–H and O–H groups in total. The second kappa shape index (κ2) is 9.48. The lowest BCUT2D eigenvalue weighted by atomic mass is 9.78. The van der Waals surface area contributed by atoms with Crippen LogP contribution in [0, 0.1) is 11.8 Å². The minimum absolute atomic E-state index is 0.138. The first-order valence-corrected chi connectivity index (χ1v) is 9.97. The normalized spacial score (nSPS) is 20.3. The Morgan fingerprint density at radius 1 is 1.29 bits per heavy atom. The van der Waals surface area contributed by atoms with Gasteiger partial charge < -0.3 is 9.47 Å². The Labute approximate surface area is 164 Å². The first-order chi connectivity index (χ1) is 13.2. The fourth-order valence-electron chi connectivity index (χ4n) is 3.77. The molecule has 1 aromatic rings. The molecule has 28 heavy (non-hydrogen) atoms. The summed E-state index contributed by atoms with van der Waals surface area (Å²) < 4.78 is 51.2. The summed E-state index contributed by atoms with van der Waals surface area (Å²) in [6, 6.07) is 3.89. The van der Waals surface area contributed by atoms with Crippen molar-refractivity contribution in [2.24, 2.45) is 11.8 Å². The number of ether oxygens (including phenoxy) is 2. The van der Waals surface area contributed by atoms with Crippen molar-refractivity contribution in [1.82, 2.24) is 0 Å². The van der Waals surface area contributed by atoms with E-state index in [4.69, 9.17) is 9.47 Å². The van der Waals surface area contributed by atoms with Crippen molar-refractivity contribution in [2.75, 3.05) is 6.61 Å². The van der Waals surface area contributed by atoms with Crippen LogP contribution in [0.15, 0.2) is 24.8 Å². The number of benzene rings is 1. The standard InChI is InChI=1S/C22H29F3O3/c1-5-8-10-15(6-2)13-17-14(4)16-11-9-12-18(22(23,24)25)19(16)28-20(17)21(26)27-7-3/h9,11-12,15,17,20H,4-8,10,13H2,1-3H3/t15-,17-,20+/m1/s1. The van der Waals surface area contributed by atoms with Gasteiger partial charge in [-0.05, 0) is 30.9 Å². The number of halogens is 3. The Hall–Kier alpha value is -1.98. The van der Waals surface area contributed by atoms with E-state index in [0.29, 0.717) is 23.5 Å². The molecule has 6 heteroatoms. The first-order valence-electron chi connectivity index (χ1n) is 9.97. The number of carbonyl (C=O) groups excluding carboxylic acids is 1. The van der Waals surface area contributed by atoms with Gasteiger partial charge in [0.25, 0.3) is 0 Å². The van der Waals surface area contributed by atoms with E-state index in [1.54, 1.807) is 13.0 Å². The molecule has 1 aliphatic rings. The van der Waals surface area contributed by atoms with E-state index in [9.17, 15) is 18.0 Å². The average molecular weight is 398 g/mol. The van der Waals surface area contributed by atoms with Gasteiger partial charge in [0.15, 0.2) is 0 Å². The molecule has 0 radical (unpaired) electrons. The highest BCUT2D eigenvalue weighted by Crippen LogP contribution is 2.47. The van der Waals surface area contributed by atoms with E-state index < -0.39 is 29.7 Å². The molecule has 0 saturated heterocycles. The summed E-state index contributed by atoms with van der Waals surface area (Å²) in [5.41, 5.74) is -0.0528. The van der Waals surface area contributed by atoms with Crippen LogP contribution in [0.5, 0.6) is 5.75 Å². The smallest absolute Gasteiger partial charge is 0.419 e. The molecule has 1 heterocycles. The van der Waals surface area contributed by atoms with Gasteiger partial charge in [0, 0.05) is 11.5 Å². The maximum atomic E-state index is 13.5. The van der Waals surface area contributed by atoms with Crippen molar-refractivity contribution in [3.05, 3.63) is 35.9 Å². The number of unbranched alkanes of at least 4 members (excludes halogenated alkanes) is 1. The van der Waals surface area contributed by atoms with Gasteiger partial charge in [0.05, 0.1) is 12.2 Å². The third-order valence-corrected chi connectivity index (χ3v) is 5.37. The SMILES string of the molecule is C=C1c2cccc(C(F)(F)F)c2O[C@H](C(=O)OCC)[C@@H]1C[C@H](CC)CCCC. The number of alkyl halides is 3. The summed E-state index contributed by atoms with van der Waals surface area (Å²) in [5.74, 6) is -1.02. The van der Waals surface area contributed by atoms with E-state index in [2.05, 4.69) is 20.4 Å². The van der Waals surface area contributed by atoms with Gasteiger partial charge >= 0.3 is 12.1 Å². The molecule has 0 aliphatic carbocycles. The summed E-state index contributed by atoms with van der Waals surface area (Å²) in [5, 5.41) is 0. The van der Waals surface area contributed by atoms with E-state index in [0.717, 1.165) is 31.7 Å². The van der Waals surface area contributed by atoms with Crippen LogP contribution >= 0.6 is 0 Å². The highest BCUT2D eigenvalue weighted by atomic mass is 19.4. The number of para-hydroxylation sites is 1. The van der Waals surface area contributed by atoms with Gasteiger partial charge in [-0.2, -0.15) is 13.2 Å². The lowest BCUT2D eigenvalue weighted by molar-refractivity contribution is -0.156. The quantitative estimate of drug-likeness (QED) is 0.485. The lowest BCUT2D eigenvalue weighted by Crippen LogP contribution is -2.41. The van der Waals surface area contributed by atoms with Gasteiger partial charge in [-0.1, -0.05) is 58.2 Å². The molecule has 3 nitrogen and oxygen atoms in total. The number of esters is 1. The third-order valence-electron chi connectivity index (χ3n) is 5.37. The highest BCUT2D eigenvalue weighted by Gasteiger charge is 2.44. The summed E-state index contributed by atoms with van der Waals surface area (Å²) in [7, 11) is 0. The largest absolute Gasteiger partial charge is 0.477 e. The predicted molar refractivity (Wildman–Crippen MR) is 103 cm³/mol. The molecule has 0 bridgehead atoms. The van der Waals surface area contributed by atoms with Gasteiger partial charge in [0.1, 0.15) is 5.75 Å². The zero-order valence-corrected chi connectivity index (χ0v) is 16.8. The summed E-state index contributed by atoms with van der Waals surface area (Å²) in [6.45, 7) is 10.1. The van der Waals surface area contributed by atoms with Crippen molar-refractivity contribution in [2.45, 2.75) is 65.2 Å². The van der Waals surface area contributed by atoms with Crippen molar-refractivity contribution in [3.8, 4) is 5.75 Å². The van der Waals surface area contributed by atoms with Crippen LogP contribution in [0.1, 0.15) is 64.0 Å². The number of carbonyl (C=O) groups is 1. The van der Waals surface area contributed by atoms with Crippen LogP contribution in [0.3, 0.4) is 0 Å². The minimum Gasteiger partial charge on any atom is -0.477 e. The Morgan fingerprint density at radius 2 is 2.00 bits per heavy atom. The molecule has 1 aromatic carbocycles. The minimum atomic E-state index is -4.58. The Kier molecular flexibility index (Phi) is 7.55. The zero-order valence-electron chi connectivity index (χ0n) is 16.8. The molecule has 0 amide bonds. The van der Waals surface area contributed by atoms with Crippen LogP contribution in [0.25, 0.3) is 5.57 Å². The molecule has 3 atom stereocenters. The highest BCUT2D eigenvalue weighted by molar-refractivity contribution is 5.84. The molecule has 0 unspecified atom stereocenters. The second-order valence-electron chi connectivity index (χ2n) is 7.25. The van der Waals surface area contributed by atoms with Crippen LogP contribution in [-0.4, -0.2) is 18.7 Å². The Balaban J connectivity index is 2.44. The van der Waals surface area contributed by atoms with E-state index >= 15 is 0 Å². The molecule has 156 valence electrons. The molecule has 1 aliphatic heterocycles. The summed E-state index contributed by atoms with van der Waals surface area (Å²) in [4.78, 5) is 12.5. The molecule has 0 fully saturated rings. The van der Waals surface area contributed by atoms with Crippen molar-refractivity contribution >= 4 is 11.5 Å². The Morgan fingerprint density at radius 3 is 2.57 bits per heavy atom. The van der Waals surface area contributed by atoms with E-state index in [-0.39, 0.29) is 12.4 Å². The van der Waals surface area contributed by atoms with Crippen molar-refractivity contribution < 1.29 is 27.4 Å². The zero-order chi connectivity index (χ0) is 20.9. The van der Waals surface area contributed by atoms with E-state index in [1.807, 2.05) is 0 Å². The fraction of sp³-hybridized carbons (Fsp3) is 0.591. The Bertz CT molecular complexity index is 697. The maximum Gasteiger partial charge on any atom is 0.419 e. The fourth-order valence-corrected chi connectivity index (χ4v) is 3.77. The predicted octanol–water partition coefficient (Wildman–Crippen LogP) is 6.27. The van der Waals surface area contributed by atoms with Crippen LogP contribution in [0.2, 0.25) is 0 Å². The van der Waals surface area contributed by atoms with Crippen LogP contribution in [0.4, 0.5) is 13.2 Å². The molecule has 0 spiro atoms. The first kappa shape index (κ1) is 22.3. The monoisotopic (exact) mass is 398 g/mol. The molecular formula is C22H29F3O3. The number of fused-ring (bicyclic) bond motifs is 1. The lowest BCUT2D eigenvalue weighted by Gasteiger charge is -2.36. The number of hydrogen-bond acceptors (Lipinski definition) is 3. The van der Waals surface area contributed by atoms with Crippen LogP contribution < -0.4 is 4.74 Å². The number of rotatable bonds is 8. The molecular weight excluding hydrogens is 369 g/mol. The average Bonchev–Trinajstić information content (AvgIpc) is 2.65. The maximum absolute atomic E-state index is 13.5.